The summed E-state index contributed by atoms with van der Waals surface area (Å²) in [6.45, 7) is 0. The van der Waals surface area contributed by atoms with E-state index in [1.165, 1.54) is 12.4 Å². The van der Waals surface area contributed by atoms with Crippen LogP contribution in [-0.4, -0.2) is 37.2 Å². The first-order valence-corrected chi connectivity index (χ1v) is 8.39. The monoisotopic (exact) mass is 380 g/mol. The SMILES string of the molecule is COc1cccc(NC(=O)c2cnc(Nc3ccc(OC)cc3OC)nc2)c1. The summed E-state index contributed by atoms with van der Waals surface area (Å²) in [6, 6.07) is 12.4. The number of nitrogens with zero attached hydrogens (tertiary/aromatic N) is 2. The zero-order chi connectivity index (χ0) is 19.9. The Morgan fingerprint density at radius 2 is 1.61 bits per heavy atom. The maximum Gasteiger partial charge on any atom is 0.258 e. The van der Waals surface area contributed by atoms with Crippen LogP contribution in [0.1, 0.15) is 10.4 Å². The van der Waals surface area contributed by atoms with Crippen LogP contribution in [0.25, 0.3) is 0 Å². The van der Waals surface area contributed by atoms with Gasteiger partial charge in [0.25, 0.3) is 5.91 Å². The third-order valence-corrected chi connectivity index (χ3v) is 3.90. The summed E-state index contributed by atoms with van der Waals surface area (Å²) < 4.78 is 15.7. The fourth-order valence-corrected chi connectivity index (χ4v) is 2.44. The minimum Gasteiger partial charge on any atom is -0.497 e. The molecule has 8 heteroatoms. The van der Waals surface area contributed by atoms with Crippen molar-refractivity contribution in [1.29, 1.82) is 0 Å². The fraction of sp³-hybridized carbons (Fsp3) is 0.150. The predicted molar refractivity (Wildman–Crippen MR) is 106 cm³/mol. The number of aromatic nitrogens is 2. The molecule has 2 N–H and O–H groups in total. The lowest BCUT2D eigenvalue weighted by Gasteiger charge is -2.11. The van der Waals surface area contributed by atoms with Gasteiger partial charge in [-0.05, 0) is 24.3 Å². The van der Waals surface area contributed by atoms with Gasteiger partial charge in [-0.2, -0.15) is 0 Å². The molecule has 3 aromatic rings. The van der Waals surface area contributed by atoms with Crippen molar-refractivity contribution in [3.8, 4) is 17.2 Å². The van der Waals surface area contributed by atoms with E-state index in [0.29, 0.717) is 40.1 Å². The number of carbonyl (C=O) groups is 1. The molecule has 0 aliphatic carbocycles. The highest BCUT2D eigenvalue weighted by molar-refractivity contribution is 6.04. The van der Waals surface area contributed by atoms with Gasteiger partial charge < -0.3 is 24.8 Å². The van der Waals surface area contributed by atoms with Crippen molar-refractivity contribution in [3.05, 3.63) is 60.4 Å². The third-order valence-electron chi connectivity index (χ3n) is 3.90. The van der Waals surface area contributed by atoms with Crippen LogP contribution in [0.15, 0.2) is 54.9 Å². The lowest BCUT2D eigenvalue weighted by molar-refractivity contribution is 0.102. The first-order chi connectivity index (χ1) is 13.6. The Bertz CT molecular complexity index is 961. The van der Waals surface area contributed by atoms with Crippen molar-refractivity contribution in [2.75, 3.05) is 32.0 Å². The van der Waals surface area contributed by atoms with Crippen molar-refractivity contribution >= 4 is 23.2 Å². The summed E-state index contributed by atoms with van der Waals surface area (Å²) in [5, 5.41) is 5.83. The third kappa shape index (κ3) is 4.47. The first-order valence-electron chi connectivity index (χ1n) is 8.39. The van der Waals surface area contributed by atoms with Gasteiger partial charge in [-0.1, -0.05) is 6.07 Å². The summed E-state index contributed by atoms with van der Waals surface area (Å²) in [5.74, 6) is 1.93. The lowest BCUT2D eigenvalue weighted by Crippen LogP contribution is -2.13. The molecule has 144 valence electrons. The molecule has 0 saturated carbocycles. The fourth-order valence-electron chi connectivity index (χ4n) is 2.44. The van der Waals surface area contributed by atoms with Gasteiger partial charge in [0.05, 0.1) is 32.6 Å². The molecule has 0 radical (unpaired) electrons. The van der Waals surface area contributed by atoms with Crippen LogP contribution in [0.3, 0.4) is 0 Å². The van der Waals surface area contributed by atoms with E-state index < -0.39 is 0 Å². The van der Waals surface area contributed by atoms with E-state index >= 15 is 0 Å². The number of amides is 1. The van der Waals surface area contributed by atoms with E-state index in [9.17, 15) is 4.79 Å². The second-order valence-electron chi connectivity index (χ2n) is 5.67. The van der Waals surface area contributed by atoms with Gasteiger partial charge in [0.2, 0.25) is 5.95 Å². The molecule has 1 aromatic heterocycles. The van der Waals surface area contributed by atoms with E-state index in [2.05, 4.69) is 20.6 Å². The molecule has 0 spiro atoms. The smallest absolute Gasteiger partial charge is 0.258 e. The van der Waals surface area contributed by atoms with Crippen molar-refractivity contribution in [2.45, 2.75) is 0 Å². The number of carbonyl (C=O) groups excluding carboxylic acids is 1. The van der Waals surface area contributed by atoms with Crippen LogP contribution in [0, 0.1) is 0 Å². The number of hydrogen-bond acceptors (Lipinski definition) is 7. The van der Waals surface area contributed by atoms with E-state index in [4.69, 9.17) is 14.2 Å². The molecule has 0 saturated heterocycles. The molecule has 2 aromatic carbocycles. The molecule has 0 aliphatic heterocycles. The Hall–Kier alpha value is -3.81. The molecule has 1 amide bonds. The lowest BCUT2D eigenvalue weighted by atomic mass is 10.2. The molecule has 3 rings (SSSR count). The molecular formula is C20H20N4O4. The Kier molecular flexibility index (Phi) is 5.91. The number of anilines is 3. The van der Waals surface area contributed by atoms with Gasteiger partial charge in [0.15, 0.2) is 0 Å². The maximum atomic E-state index is 12.4. The zero-order valence-electron chi connectivity index (χ0n) is 15.7. The summed E-state index contributed by atoms with van der Waals surface area (Å²) in [5.41, 5.74) is 1.63. The van der Waals surface area contributed by atoms with Crippen LogP contribution < -0.4 is 24.8 Å². The van der Waals surface area contributed by atoms with E-state index in [-0.39, 0.29) is 5.91 Å². The van der Waals surface area contributed by atoms with Gasteiger partial charge in [-0.3, -0.25) is 4.79 Å². The topological polar surface area (TPSA) is 94.6 Å². The Labute approximate surface area is 162 Å². The summed E-state index contributed by atoms with van der Waals surface area (Å²) in [6.07, 6.45) is 2.89. The van der Waals surface area contributed by atoms with Gasteiger partial charge in [0.1, 0.15) is 17.2 Å². The maximum absolute atomic E-state index is 12.4. The predicted octanol–water partition coefficient (Wildman–Crippen LogP) is 3.50. The zero-order valence-corrected chi connectivity index (χ0v) is 15.7. The Balaban J connectivity index is 1.70. The summed E-state index contributed by atoms with van der Waals surface area (Å²) >= 11 is 0. The molecule has 8 nitrogen and oxygen atoms in total. The molecule has 0 aliphatic rings. The second-order valence-corrected chi connectivity index (χ2v) is 5.67. The van der Waals surface area contributed by atoms with Crippen molar-refractivity contribution < 1.29 is 19.0 Å². The van der Waals surface area contributed by atoms with Gasteiger partial charge in [-0.25, -0.2) is 9.97 Å². The molecule has 0 atom stereocenters. The van der Waals surface area contributed by atoms with E-state index in [1.807, 2.05) is 0 Å². The number of methoxy groups -OCH3 is 3. The summed E-state index contributed by atoms with van der Waals surface area (Å²) in [7, 11) is 4.71. The number of nitrogens with one attached hydrogen (secondary N) is 2. The average Bonchev–Trinajstić information content (AvgIpc) is 2.74. The van der Waals surface area contributed by atoms with Crippen molar-refractivity contribution in [3.63, 3.8) is 0 Å². The largest absolute Gasteiger partial charge is 0.497 e. The number of hydrogen-bond donors (Lipinski definition) is 2. The molecular weight excluding hydrogens is 360 g/mol. The second kappa shape index (κ2) is 8.72. The number of benzene rings is 2. The Morgan fingerprint density at radius 3 is 2.29 bits per heavy atom. The number of ether oxygens (including phenoxy) is 3. The molecule has 0 bridgehead atoms. The van der Waals surface area contributed by atoms with Crippen LogP contribution in [-0.2, 0) is 0 Å². The van der Waals surface area contributed by atoms with Crippen molar-refractivity contribution in [2.24, 2.45) is 0 Å². The molecule has 0 fully saturated rings. The molecule has 1 heterocycles. The van der Waals surface area contributed by atoms with E-state index in [1.54, 1.807) is 63.8 Å². The van der Waals surface area contributed by atoms with Crippen LogP contribution in [0.2, 0.25) is 0 Å². The minimum atomic E-state index is -0.318. The standard InChI is InChI=1S/C20H20N4O4/c1-26-15-6-4-5-14(9-15)23-19(25)13-11-21-20(22-12-13)24-17-8-7-16(27-2)10-18(17)28-3/h4-12H,1-3H3,(H,23,25)(H,21,22,24). The highest BCUT2D eigenvalue weighted by Crippen LogP contribution is 2.30. The van der Waals surface area contributed by atoms with Gasteiger partial charge in [-0.15, -0.1) is 0 Å². The minimum absolute atomic E-state index is 0.318. The highest BCUT2D eigenvalue weighted by atomic mass is 16.5. The summed E-state index contributed by atoms with van der Waals surface area (Å²) in [4.78, 5) is 20.8. The highest BCUT2D eigenvalue weighted by Gasteiger charge is 2.10. The normalized spacial score (nSPS) is 10.1. The average molecular weight is 380 g/mol. The number of rotatable bonds is 7. The molecule has 0 unspecified atom stereocenters. The first kappa shape index (κ1) is 19.0. The van der Waals surface area contributed by atoms with Crippen molar-refractivity contribution in [1.82, 2.24) is 9.97 Å². The van der Waals surface area contributed by atoms with Crippen LogP contribution in [0.4, 0.5) is 17.3 Å². The van der Waals surface area contributed by atoms with Crippen LogP contribution >= 0.6 is 0 Å². The molecule has 28 heavy (non-hydrogen) atoms. The quantitative estimate of drug-likeness (QED) is 0.648. The van der Waals surface area contributed by atoms with Gasteiger partial charge >= 0.3 is 0 Å². The van der Waals surface area contributed by atoms with E-state index in [0.717, 1.165) is 0 Å². The van der Waals surface area contributed by atoms with Gasteiger partial charge in [0, 0.05) is 30.2 Å². The van der Waals surface area contributed by atoms with Crippen LogP contribution in [0.5, 0.6) is 17.2 Å². The Morgan fingerprint density at radius 1 is 0.893 bits per heavy atom.